The fourth-order valence-electron chi connectivity index (χ4n) is 1.72. The van der Waals surface area contributed by atoms with E-state index in [9.17, 15) is 4.79 Å². The SMILES string of the molecule is O=C(O)c1cc(-c2ccc(SC3COC3)c(Br)c2)on1. The fraction of sp³-hybridized carbons (Fsp3) is 0.231. The van der Waals surface area contributed by atoms with Gasteiger partial charge in [0.1, 0.15) is 0 Å². The molecule has 20 heavy (non-hydrogen) atoms. The van der Waals surface area contributed by atoms with Gasteiger partial charge in [-0.1, -0.05) is 5.16 Å². The van der Waals surface area contributed by atoms with E-state index in [0.717, 1.165) is 28.1 Å². The first-order valence-electron chi connectivity index (χ1n) is 5.88. The van der Waals surface area contributed by atoms with E-state index < -0.39 is 5.97 Å². The lowest BCUT2D eigenvalue weighted by atomic mass is 10.1. The van der Waals surface area contributed by atoms with Gasteiger partial charge in [-0.05, 0) is 34.1 Å². The summed E-state index contributed by atoms with van der Waals surface area (Å²) in [4.78, 5) is 11.9. The molecule has 0 amide bonds. The Kier molecular flexibility index (Phi) is 3.82. The zero-order valence-corrected chi connectivity index (χ0v) is 12.6. The molecule has 2 heterocycles. The standard InChI is InChI=1S/C13H10BrNO4S/c14-9-3-7(11-4-10(13(16)17)15-19-11)1-2-12(9)20-8-5-18-6-8/h1-4,8H,5-6H2,(H,16,17). The molecule has 0 bridgehead atoms. The van der Waals surface area contributed by atoms with Crippen LogP contribution >= 0.6 is 27.7 Å². The van der Waals surface area contributed by atoms with Crippen molar-refractivity contribution in [1.29, 1.82) is 0 Å². The molecule has 5 nitrogen and oxygen atoms in total. The molecule has 1 fully saturated rings. The number of ether oxygens (including phenoxy) is 1. The van der Waals surface area contributed by atoms with E-state index in [1.165, 1.54) is 6.07 Å². The third kappa shape index (κ3) is 2.74. The van der Waals surface area contributed by atoms with Crippen molar-refractivity contribution in [3.63, 3.8) is 0 Å². The summed E-state index contributed by atoms with van der Waals surface area (Å²) >= 11 is 5.28. The van der Waals surface area contributed by atoms with Crippen LogP contribution in [0.5, 0.6) is 0 Å². The van der Waals surface area contributed by atoms with E-state index in [0.29, 0.717) is 11.0 Å². The molecule has 1 aromatic heterocycles. The second kappa shape index (κ2) is 5.59. The Bertz CT molecular complexity index is 654. The molecule has 1 aromatic carbocycles. The topological polar surface area (TPSA) is 72.6 Å². The van der Waals surface area contributed by atoms with E-state index in [1.807, 2.05) is 18.2 Å². The number of halogens is 1. The predicted octanol–water partition coefficient (Wildman–Crippen LogP) is 3.29. The van der Waals surface area contributed by atoms with Crippen LogP contribution in [0.2, 0.25) is 0 Å². The summed E-state index contributed by atoms with van der Waals surface area (Å²) in [5, 5.41) is 12.8. The minimum atomic E-state index is -1.10. The van der Waals surface area contributed by atoms with Crippen molar-refractivity contribution in [1.82, 2.24) is 5.16 Å². The Labute approximate surface area is 127 Å². The van der Waals surface area contributed by atoms with Gasteiger partial charge in [0.2, 0.25) is 0 Å². The average molecular weight is 356 g/mol. The number of carbonyl (C=O) groups is 1. The van der Waals surface area contributed by atoms with Crippen LogP contribution in [0.3, 0.4) is 0 Å². The van der Waals surface area contributed by atoms with Gasteiger partial charge >= 0.3 is 5.97 Å². The molecule has 1 saturated heterocycles. The van der Waals surface area contributed by atoms with Crippen molar-refractivity contribution < 1.29 is 19.2 Å². The van der Waals surface area contributed by atoms with Gasteiger partial charge in [-0.2, -0.15) is 0 Å². The molecule has 3 rings (SSSR count). The molecular formula is C13H10BrNO4S. The highest BCUT2D eigenvalue weighted by molar-refractivity contribution is 9.10. The summed E-state index contributed by atoms with van der Waals surface area (Å²) in [5.74, 6) is -0.664. The van der Waals surface area contributed by atoms with Gasteiger partial charge in [0, 0.05) is 21.0 Å². The maximum Gasteiger partial charge on any atom is 0.358 e. The first kappa shape index (κ1) is 13.7. The van der Waals surface area contributed by atoms with Crippen LogP contribution in [-0.2, 0) is 4.74 Å². The number of carboxylic acids is 1. The summed E-state index contributed by atoms with van der Waals surface area (Å²) in [6, 6.07) is 7.18. The van der Waals surface area contributed by atoms with E-state index in [4.69, 9.17) is 14.4 Å². The Morgan fingerprint density at radius 2 is 2.20 bits per heavy atom. The number of hydrogen-bond acceptors (Lipinski definition) is 5. The minimum Gasteiger partial charge on any atom is -0.476 e. The second-order valence-electron chi connectivity index (χ2n) is 4.30. The normalized spacial score (nSPS) is 15.1. The second-order valence-corrected chi connectivity index (χ2v) is 6.50. The van der Waals surface area contributed by atoms with Gasteiger partial charge in [-0.25, -0.2) is 4.79 Å². The van der Waals surface area contributed by atoms with Crippen LogP contribution in [0.4, 0.5) is 0 Å². The zero-order chi connectivity index (χ0) is 14.1. The van der Waals surface area contributed by atoms with Gasteiger partial charge in [-0.3, -0.25) is 0 Å². The van der Waals surface area contributed by atoms with E-state index in [2.05, 4.69) is 21.1 Å². The molecule has 0 spiro atoms. The molecule has 1 aliphatic heterocycles. The Morgan fingerprint density at radius 1 is 1.40 bits per heavy atom. The van der Waals surface area contributed by atoms with Crippen LogP contribution in [-0.4, -0.2) is 34.7 Å². The monoisotopic (exact) mass is 355 g/mol. The summed E-state index contributed by atoms with van der Waals surface area (Å²) in [6.07, 6.45) is 0. The Balaban J connectivity index is 1.83. The largest absolute Gasteiger partial charge is 0.476 e. The molecule has 2 aromatic rings. The number of rotatable bonds is 4. The van der Waals surface area contributed by atoms with Crippen LogP contribution in [0, 0.1) is 0 Å². The molecule has 0 unspecified atom stereocenters. The maximum absolute atomic E-state index is 10.8. The predicted molar refractivity (Wildman–Crippen MR) is 77.1 cm³/mol. The van der Waals surface area contributed by atoms with Crippen molar-refractivity contribution in [2.24, 2.45) is 0 Å². The summed E-state index contributed by atoms with van der Waals surface area (Å²) in [7, 11) is 0. The highest BCUT2D eigenvalue weighted by atomic mass is 79.9. The number of nitrogens with zero attached hydrogens (tertiary/aromatic N) is 1. The summed E-state index contributed by atoms with van der Waals surface area (Å²) in [6.45, 7) is 1.56. The minimum absolute atomic E-state index is 0.0961. The molecule has 104 valence electrons. The number of hydrogen-bond donors (Lipinski definition) is 1. The van der Waals surface area contributed by atoms with Crippen LogP contribution in [0.25, 0.3) is 11.3 Å². The lowest BCUT2D eigenvalue weighted by Gasteiger charge is -2.25. The smallest absolute Gasteiger partial charge is 0.358 e. The van der Waals surface area contributed by atoms with Gasteiger partial charge in [-0.15, -0.1) is 11.8 Å². The molecule has 1 aliphatic rings. The van der Waals surface area contributed by atoms with Gasteiger partial charge in [0.25, 0.3) is 0 Å². The molecule has 0 radical (unpaired) electrons. The van der Waals surface area contributed by atoms with E-state index in [-0.39, 0.29) is 5.69 Å². The van der Waals surface area contributed by atoms with Crippen molar-refractivity contribution in [2.75, 3.05) is 13.2 Å². The molecule has 0 aliphatic carbocycles. The van der Waals surface area contributed by atoms with Crippen molar-refractivity contribution in [3.05, 3.63) is 34.4 Å². The molecular weight excluding hydrogens is 346 g/mol. The number of thioether (sulfide) groups is 1. The molecule has 1 N–H and O–H groups in total. The lowest BCUT2D eigenvalue weighted by molar-refractivity contribution is 0.0455. The van der Waals surface area contributed by atoms with E-state index in [1.54, 1.807) is 11.8 Å². The average Bonchev–Trinajstić information content (AvgIpc) is 2.84. The van der Waals surface area contributed by atoms with Crippen molar-refractivity contribution >= 4 is 33.7 Å². The third-order valence-electron chi connectivity index (χ3n) is 2.85. The number of aromatic nitrogens is 1. The third-order valence-corrected chi connectivity index (χ3v) is 4.98. The van der Waals surface area contributed by atoms with Gasteiger partial charge in [0.15, 0.2) is 11.5 Å². The summed E-state index contributed by atoms with van der Waals surface area (Å²) in [5.41, 5.74) is 0.687. The van der Waals surface area contributed by atoms with Gasteiger partial charge in [0.05, 0.1) is 18.5 Å². The Morgan fingerprint density at radius 3 is 2.75 bits per heavy atom. The quantitative estimate of drug-likeness (QED) is 0.906. The van der Waals surface area contributed by atoms with Crippen LogP contribution in [0.15, 0.2) is 38.2 Å². The number of benzene rings is 1. The first-order chi connectivity index (χ1) is 9.63. The zero-order valence-electron chi connectivity index (χ0n) is 10.2. The molecule has 0 atom stereocenters. The van der Waals surface area contributed by atoms with Gasteiger partial charge < -0.3 is 14.4 Å². The van der Waals surface area contributed by atoms with Crippen LogP contribution < -0.4 is 0 Å². The Hall–Kier alpha value is -1.31. The molecule has 7 heteroatoms. The molecule has 0 saturated carbocycles. The lowest BCUT2D eigenvalue weighted by Crippen LogP contribution is -2.30. The van der Waals surface area contributed by atoms with Crippen LogP contribution in [0.1, 0.15) is 10.5 Å². The fourth-order valence-corrected chi connectivity index (χ4v) is 3.39. The van der Waals surface area contributed by atoms with E-state index >= 15 is 0 Å². The number of aromatic carboxylic acids is 1. The highest BCUT2D eigenvalue weighted by Gasteiger charge is 2.21. The number of carboxylic acid groups (broad SMARTS) is 1. The first-order valence-corrected chi connectivity index (χ1v) is 7.55. The van der Waals surface area contributed by atoms with Crippen molar-refractivity contribution in [2.45, 2.75) is 10.1 Å². The summed E-state index contributed by atoms with van der Waals surface area (Å²) < 4.78 is 11.1. The van der Waals surface area contributed by atoms with Crippen molar-refractivity contribution in [3.8, 4) is 11.3 Å². The highest BCUT2D eigenvalue weighted by Crippen LogP contribution is 2.36. The maximum atomic E-state index is 10.8.